The number of hydrogen-bond donors (Lipinski definition) is 1. The molecule has 2 aliphatic carbocycles. The highest BCUT2D eigenvalue weighted by atomic mass is 16.5. The maximum absolute atomic E-state index is 11.8. The lowest BCUT2D eigenvalue weighted by atomic mass is 9.66. The number of hydrogen-bond acceptors (Lipinski definition) is 3. The Morgan fingerprint density at radius 3 is 2.39 bits per heavy atom. The van der Waals surface area contributed by atoms with Crippen molar-refractivity contribution >= 4 is 5.97 Å². The van der Waals surface area contributed by atoms with Crippen molar-refractivity contribution in [2.24, 2.45) is 16.7 Å². The van der Waals surface area contributed by atoms with Crippen LogP contribution in [0.4, 0.5) is 0 Å². The summed E-state index contributed by atoms with van der Waals surface area (Å²) in [5.74, 6) is 0.836. The number of nitrogens with one attached hydrogen (secondary N) is 1. The summed E-state index contributed by atoms with van der Waals surface area (Å²) in [7, 11) is 1.50. The van der Waals surface area contributed by atoms with E-state index in [-0.39, 0.29) is 11.4 Å². The smallest absolute Gasteiger partial charge is 0.313 e. The van der Waals surface area contributed by atoms with Gasteiger partial charge in [0.05, 0.1) is 12.5 Å². The van der Waals surface area contributed by atoms with Crippen LogP contribution in [-0.2, 0) is 9.53 Å². The lowest BCUT2D eigenvalue weighted by Gasteiger charge is -2.43. The van der Waals surface area contributed by atoms with Gasteiger partial charge >= 0.3 is 5.97 Å². The third kappa shape index (κ3) is 2.56. The van der Waals surface area contributed by atoms with Crippen LogP contribution in [0.1, 0.15) is 52.4 Å². The predicted octanol–water partition coefficient (Wildman–Crippen LogP) is 2.75. The molecule has 0 bridgehead atoms. The van der Waals surface area contributed by atoms with Crippen molar-refractivity contribution in [3.8, 4) is 0 Å². The Morgan fingerprint density at radius 1 is 1.33 bits per heavy atom. The van der Waals surface area contributed by atoms with Crippen molar-refractivity contribution in [1.82, 2.24) is 5.32 Å². The van der Waals surface area contributed by atoms with Crippen molar-refractivity contribution in [2.45, 2.75) is 52.4 Å². The zero-order chi connectivity index (χ0) is 13.2. The van der Waals surface area contributed by atoms with Gasteiger partial charge < -0.3 is 10.1 Å². The van der Waals surface area contributed by atoms with Crippen LogP contribution in [0.3, 0.4) is 0 Å². The number of esters is 1. The van der Waals surface area contributed by atoms with Gasteiger partial charge in [-0.1, -0.05) is 26.7 Å². The van der Waals surface area contributed by atoms with Gasteiger partial charge in [-0.05, 0) is 37.0 Å². The SMILES string of the molecule is COC(=O)C1(CNCC(C)(C)C2CCC2)CCC1. The highest BCUT2D eigenvalue weighted by Gasteiger charge is 2.45. The minimum atomic E-state index is -0.218. The number of rotatable bonds is 6. The maximum atomic E-state index is 11.8. The van der Waals surface area contributed by atoms with E-state index < -0.39 is 0 Å². The molecule has 104 valence electrons. The van der Waals surface area contributed by atoms with Crippen LogP contribution < -0.4 is 5.32 Å². The van der Waals surface area contributed by atoms with Gasteiger partial charge in [0.15, 0.2) is 0 Å². The van der Waals surface area contributed by atoms with Crippen LogP contribution in [-0.4, -0.2) is 26.2 Å². The zero-order valence-electron chi connectivity index (χ0n) is 12.1. The third-order valence-electron chi connectivity index (χ3n) is 5.18. The second-order valence-corrected chi connectivity index (χ2v) is 6.85. The Labute approximate surface area is 111 Å². The van der Waals surface area contributed by atoms with E-state index in [1.54, 1.807) is 0 Å². The molecule has 0 unspecified atom stereocenters. The minimum absolute atomic E-state index is 0.0253. The monoisotopic (exact) mass is 253 g/mol. The molecule has 2 saturated carbocycles. The minimum Gasteiger partial charge on any atom is -0.469 e. The van der Waals surface area contributed by atoms with Crippen molar-refractivity contribution in [3.63, 3.8) is 0 Å². The van der Waals surface area contributed by atoms with Gasteiger partial charge in [-0.2, -0.15) is 0 Å². The Morgan fingerprint density at radius 2 is 2.00 bits per heavy atom. The molecule has 0 saturated heterocycles. The molecule has 0 aromatic rings. The van der Waals surface area contributed by atoms with E-state index in [0.29, 0.717) is 5.41 Å². The molecule has 0 amide bonds. The Balaban J connectivity index is 1.78. The third-order valence-corrected chi connectivity index (χ3v) is 5.18. The van der Waals surface area contributed by atoms with Crippen molar-refractivity contribution < 1.29 is 9.53 Å². The fraction of sp³-hybridized carbons (Fsp3) is 0.933. The highest BCUT2D eigenvalue weighted by molar-refractivity contribution is 5.78. The first kappa shape index (κ1) is 13.9. The molecule has 0 spiro atoms. The molecule has 2 fully saturated rings. The number of ether oxygens (including phenoxy) is 1. The fourth-order valence-corrected chi connectivity index (χ4v) is 3.23. The Bertz CT molecular complexity index is 304. The summed E-state index contributed by atoms with van der Waals surface area (Å²) in [6, 6.07) is 0. The van der Waals surface area contributed by atoms with E-state index in [1.807, 2.05) is 0 Å². The van der Waals surface area contributed by atoms with Gasteiger partial charge in [-0.25, -0.2) is 0 Å². The molecule has 0 heterocycles. The highest BCUT2D eigenvalue weighted by Crippen LogP contribution is 2.43. The summed E-state index contributed by atoms with van der Waals surface area (Å²) in [5, 5.41) is 3.53. The first-order valence-corrected chi connectivity index (χ1v) is 7.29. The average molecular weight is 253 g/mol. The van der Waals surface area contributed by atoms with Crippen LogP contribution in [0.15, 0.2) is 0 Å². The molecule has 2 rings (SSSR count). The number of carbonyl (C=O) groups excluding carboxylic acids is 1. The molecule has 2 aliphatic rings. The van der Waals surface area contributed by atoms with Gasteiger partial charge in [0.2, 0.25) is 0 Å². The molecule has 0 atom stereocenters. The van der Waals surface area contributed by atoms with E-state index in [9.17, 15) is 4.79 Å². The van der Waals surface area contributed by atoms with Gasteiger partial charge in [0.25, 0.3) is 0 Å². The number of carbonyl (C=O) groups is 1. The average Bonchev–Trinajstić information content (AvgIpc) is 2.17. The lowest BCUT2D eigenvalue weighted by Crippen LogP contribution is -2.49. The first-order chi connectivity index (χ1) is 8.50. The summed E-state index contributed by atoms with van der Waals surface area (Å²) in [4.78, 5) is 11.8. The molecular weight excluding hydrogens is 226 g/mol. The number of methoxy groups -OCH3 is 1. The fourth-order valence-electron chi connectivity index (χ4n) is 3.23. The predicted molar refractivity (Wildman–Crippen MR) is 72.3 cm³/mol. The topological polar surface area (TPSA) is 38.3 Å². The summed E-state index contributed by atoms with van der Waals surface area (Å²) < 4.78 is 4.94. The van der Waals surface area contributed by atoms with Gasteiger partial charge in [0.1, 0.15) is 0 Å². The quantitative estimate of drug-likeness (QED) is 0.740. The van der Waals surface area contributed by atoms with Crippen LogP contribution in [0.5, 0.6) is 0 Å². The van der Waals surface area contributed by atoms with Crippen molar-refractivity contribution in [3.05, 3.63) is 0 Å². The van der Waals surface area contributed by atoms with Crippen molar-refractivity contribution in [2.75, 3.05) is 20.2 Å². The van der Waals surface area contributed by atoms with Crippen molar-refractivity contribution in [1.29, 1.82) is 0 Å². The van der Waals surface area contributed by atoms with Crippen LogP contribution in [0, 0.1) is 16.7 Å². The first-order valence-electron chi connectivity index (χ1n) is 7.29. The molecular formula is C15H27NO2. The van der Waals surface area contributed by atoms with Gasteiger partial charge in [-0.15, -0.1) is 0 Å². The lowest BCUT2D eigenvalue weighted by molar-refractivity contribution is -0.158. The summed E-state index contributed by atoms with van der Waals surface area (Å²) in [6.07, 6.45) is 7.25. The molecule has 0 aromatic heterocycles. The molecule has 0 radical (unpaired) electrons. The van der Waals surface area contributed by atoms with E-state index in [1.165, 1.54) is 26.4 Å². The molecule has 3 heteroatoms. The summed E-state index contributed by atoms with van der Waals surface area (Å²) in [5.41, 5.74) is 0.143. The van der Waals surface area contributed by atoms with E-state index in [0.717, 1.165) is 38.3 Å². The largest absolute Gasteiger partial charge is 0.469 e. The molecule has 18 heavy (non-hydrogen) atoms. The van der Waals surface area contributed by atoms with Crippen LogP contribution in [0.2, 0.25) is 0 Å². The molecule has 0 aromatic carbocycles. The second-order valence-electron chi connectivity index (χ2n) is 6.85. The standard InChI is InChI=1S/C15H27NO2/c1-14(2,12-6-4-7-12)10-16-11-15(8-5-9-15)13(17)18-3/h12,16H,4-11H2,1-3H3. The Hall–Kier alpha value is -0.570. The summed E-state index contributed by atoms with van der Waals surface area (Å²) in [6.45, 7) is 6.48. The maximum Gasteiger partial charge on any atom is 0.313 e. The van der Waals surface area contributed by atoms with Crippen LogP contribution in [0.25, 0.3) is 0 Å². The molecule has 1 N–H and O–H groups in total. The molecule has 0 aliphatic heterocycles. The van der Waals surface area contributed by atoms with Crippen LogP contribution >= 0.6 is 0 Å². The van der Waals surface area contributed by atoms with E-state index >= 15 is 0 Å². The summed E-state index contributed by atoms with van der Waals surface area (Å²) >= 11 is 0. The van der Waals surface area contributed by atoms with E-state index in [2.05, 4.69) is 19.2 Å². The Kier molecular flexibility index (Phi) is 4.00. The zero-order valence-corrected chi connectivity index (χ0v) is 12.1. The van der Waals surface area contributed by atoms with Gasteiger partial charge in [0, 0.05) is 13.1 Å². The molecule has 3 nitrogen and oxygen atoms in total. The normalized spacial score (nSPS) is 23.1. The van der Waals surface area contributed by atoms with Gasteiger partial charge in [-0.3, -0.25) is 4.79 Å². The second kappa shape index (κ2) is 5.20. The van der Waals surface area contributed by atoms with E-state index in [4.69, 9.17) is 4.74 Å².